The van der Waals surface area contributed by atoms with Gasteiger partial charge in [-0.25, -0.2) is 0 Å². The SMILES string of the molecule is CCCCN.CCOCCCNC(=O)CNCc1ccccc1. The number of nitrogens with one attached hydrogen (secondary N) is 2. The topological polar surface area (TPSA) is 76.4 Å². The van der Waals surface area contributed by atoms with Crippen LogP contribution in [0.25, 0.3) is 0 Å². The highest BCUT2D eigenvalue weighted by Gasteiger charge is 1.99. The van der Waals surface area contributed by atoms with Gasteiger partial charge in [0.1, 0.15) is 0 Å². The van der Waals surface area contributed by atoms with Crippen molar-refractivity contribution in [3.63, 3.8) is 0 Å². The molecule has 0 heterocycles. The van der Waals surface area contributed by atoms with Crippen LogP contribution in [0, 0.1) is 0 Å². The molecule has 1 aromatic rings. The number of amides is 1. The third kappa shape index (κ3) is 15.2. The first-order valence-corrected chi connectivity index (χ1v) is 8.53. The van der Waals surface area contributed by atoms with Crippen molar-refractivity contribution >= 4 is 5.91 Å². The molecule has 0 unspecified atom stereocenters. The molecule has 1 amide bonds. The summed E-state index contributed by atoms with van der Waals surface area (Å²) >= 11 is 0. The molecule has 1 aromatic carbocycles. The number of ether oxygens (including phenoxy) is 1. The Balaban J connectivity index is 0.000000841. The maximum absolute atomic E-state index is 11.5. The van der Waals surface area contributed by atoms with E-state index in [1.807, 2.05) is 37.3 Å². The molecule has 0 spiro atoms. The summed E-state index contributed by atoms with van der Waals surface area (Å²) in [5.74, 6) is 0.0300. The number of hydrogen-bond acceptors (Lipinski definition) is 4. The van der Waals surface area contributed by atoms with Gasteiger partial charge in [0.05, 0.1) is 6.54 Å². The fraction of sp³-hybridized carbons (Fsp3) is 0.611. The molecule has 0 aliphatic heterocycles. The Bertz CT molecular complexity index is 370. The molecule has 5 nitrogen and oxygen atoms in total. The van der Waals surface area contributed by atoms with Crippen LogP contribution in [0.1, 0.15) is 38.7 Å². The van der Waals surface area contributed by atoms with Crippen molar-refractivity contribution in [3.8, 4) is 0 Å². The van der Waals surface area contributed by atoms with E-state index in [1.54, 1.807) is 0 Å². The lowest BCUT2D eigenvalue weighted by Gasteiger charge is -2.07. The van der Waals surface area contributed by atoms with Crippen molar-refractivity contribution < 1.29 is 9.53 Å². The second-order valence-corrected chi connectivity index (χ2v) is 5.13. The van der Waals surface area contributed by atoms with Crippen LogP contribution in [0.2, 0.25) is 0 Å². The standard InChI is InChI=1S/C14H22N2O2.C4H11N/c1-2-18-10-6-9-16-14(17)12-15-11-13-7-4-3-5-8-13;1-2-3-4-5/h3-5,7-8,15H,2,6,9-12H2,1H3,(H,16,17);2-5H2,1H3. The average Bonchev–Trinajstić information content (AvgIpc) is 2.57. The second kappa shape index (κ2) is 16.9. The van der Waals surface area contributed by atoms with Gasteiger partial charge < -0.3 is 21.1 Å². The van der Waals surface area contributed by atoms with Gasteiger partial charge in [-0.3, -0.25) is 4.79 Å². The zero-order chi connectivity index (χ0) is 17.2. The average molecular weight is 323 g/mol. The molecule has 0 saturated heterocycles. The van der Waals surface area contributed by atoms with E-state index in [0.29, 0.717) is 26.2 Å². The Kier molecular flexibility index (Phi) is 15.9. The molecule has 0 aromatic heterocycles. The molecule has 0 aliphatic carbocycles. The van der Waals surface area contributed by atoms with E-state index >= 15 is 0 Å². The van der Waals surface area contributed by atoms with E-state index in [-0.39, 0.29) is 5.91 Å². The van der Waals surface area contributed by atoms with Crippen LogP contribution >= 0.6 is 0 Å². The van der Waals surface area contributed by atoms with Crippen LogP contribution in [0.4, 0.5) is 0 Å². The summed E-state index contributed by atoms with van der Waals surface area (Å²) in [7, 11) is 0. The summed E-state index contributed by atoms with van der Waals surface area (Å²) in [6.45, 7) is 8.11. The molecule has 5 heteroatoms. The molecule has 1 rings (SSSR count). The van der Waals surface area contributed by atoms with E-state index < -0.39 is 0 Å². The van der Waals surface area contributed by atoms with E-state index in [4.69, 9.17) is 10.5 Å². The molecule has 0 atom stereocenters. The van der Waals surface area contributed by atoms with Crippen molar-refractivity contribution in [2.75, 3.05) is 32.8 Å². The third-order valence-corrected chi connectivity index (χ3v) is 3.01. The number of rotatable bonds is 11. The number of nitrogens with two attached hydrogens (primary N) is 1. The molecule has 132 valence electrons. The first-order valence-electron chi connectivity index (χ1n) is 8.53. The smallest absolute Gasteiger partial charge is 0.233 e. The summed E-state index contributed by atoms with van der Waals surface area (Å²) in [5.41, 5.74) is 6.32. The van der Waals surface area contributed by atoms with Gasteiger partial charge in [0.15, 0.2) is 0 Å². The highest BCUT2D eigenvalue weighted by Crippen LogP contribution is 1.96. The van der Waals surface area contributed by atoms with Crippen molar-refractivity contribution in [2.24, 2.45) is 5.73 Å². The number of hydrogen-bond donors (Lipinski definition) is 3. The van der Waals surface area contributed by atoms with Gasteiger partial charge in [-0.05, 0) is 31.9 Å². The highest BCUT2D eigenvalue weighted by atomic mass is 16.5. The quantitative estimate of drug-likeness (QED) is 0.545. The van der Waals surface area contributed by atoms with Crippen molar-refractivity contribution in [1.82, 2.24) is 10.6 Å². The summed E-state index contributed by atoms with van der Waals surface area (Å²) < 4.78 is 5.19. The van der Waals surface area contributed by atoms with Crippen LogP contribution in [0.5, 0.6) is 0 Å². The number of unbranched alkanes of at least 4 members (excludes halogenated alkanes) is 1. The minimum absolute atomic E-state index is 0.0300. The monoisotopic (exact) mass is 323 g/mol. The van der Waals surface area contributed by atoms with Gasteiger partial charge in [-0.2, -0.15) is 0 Å². The third-order valence-electron chi connectivity index (χ3n) is 3.01. The van der Waals surface area contributed by atoms with E-state index in [1.165, 1.54) is 18.4 Å². The van der Waals surface area contributed by atoms with Crippen LogP contribution < -0.4 is 16.4 Å². The van der Waals surface area contributed by atoms with E-state index in [9.17, 15) is 4.79 Å². The Hall–Kier alpha value is -1.43. The molecule has 0 bridgehead atoms. The summed E-state index contributed by atoms with van der Waals surface area (Å²) in [6, 6.07) is 10.0. The molecule has 0 fully saturated rings. The molecule has 0 radical (unpaired) electrons. The summed E-state index contributed by atoms with van der Waals surface area (Å²) in [6.07, 6.45) is 3.24. The van der Waals surface area contributed by atoms with Gasteiger partial charge in [0.2, 0.25) is 5.91 Å². The van der Waals surface area contributed by atoms with E-state index in [2.05, 4.69) is 17.6 Å². The molecule has 23 heavy (non-hydrogen) atoms. The van der Waals surface area contributed by atoms with Crippen LogP contribution in [0.15, 0.2) is 30.3 Å². The lowest BCUT2D eigenvalue weighted by molar-refractivity contribution is -0.120. The van der Waals surface area contributed by atoms with E-state index in [0.717, 1.165) is 19.6 Å². The maximum Gasteiger partial charge on any atom is 0.233 e. The molecular weight excluding hydrogens is 290 g/mol. The largest absolute Gasteiger partial charge is 0.382 e. The first kappa shape index (κ1) is 21.6. The number of carbonyl (C=O) groups excluding carboxylic acids is 1. The van der Waals surface area contributed by atoms with Gasteiger partial charge in [-0.15, -0.1) is 0 Å². The predicted octanol–water partition coefficient (Wildman–Crippen LogP) is 2.06. The van der Waals surface area contributed by atoms with Gasteiger partial charge in [0, 0.05) is 26.3 Å². The van der Waals surface area contributed by atoms with Gasteiger partial charge >= 0.3 is 0 Å². The second-order valence-electron chi connectivity index (χ2n) is 5.13. The number of carbonyl (C=O) groups is 1. The minimum atomic E-state index is 0.0300. The van der Waals surface area contributed by atoms with Gasteiger partial charge in [-0.1, -0.05) is 43.7 Å². The van der Waals surface area contributed by atoms with Crippen molar-refractivity contribution in [3.05, 3.63) is 35.9 Å². The fourth-order valence-corrected chi connectivity index (χ4v) is 1.73. The zero-order valence-electron chi connectivity index (χ0n) is 14.6. The Morgan fingerprint density at radius 3 is 2.48 bits per heavy atom. The molecule has 0 aliphatic rings. The minimum Gasteiger partial charge on any atom is -0.382 e. The molecule has 4 N–H and O–H groups in total. The Morgan fingerprint density at radius 2 is 1.91 bits per heavy atom. The number of benzene rings is 1. The van der Waals surface area contributed by atoms with Crippen LogP contribution in [-0.2, 0) is 16.1 Å². The lowest BCUT2D eigenvalue weighted by Crippen LogP contribution is -2.34. The lowest BCUT2D eigenvalue weighted by atomic mass is 10.2. The predicted molar refractivity (Wildman–Crippen MR) is 96.2 cm³/mol. The Labute approximate surface area is 141 Å². The fourth-order valence-electron chi connectivity index (χ4n) is 1.73. The Morgan fingerprint density at radius 1 is 1.17 bits per heavy atom. The molecule has 0 saturated carbocycles. The van der Waals surface area contributed by atoms with Crippen LogP contribution in [0.3, 0.4) is 0 Å². The first-order chi connectivity index (χ1) is 11.2. The molecular formula is C18H33N3O2. The maximum atomic E-state index is 11.5. The summed E-state index contributed by atoms with van der Waals surface area (Å²) in [5, 5.41) is 5.96. The van der Waals surface area contributed by atoms with Gasteiger partial charge in [0.25, 0.3) is 0 Å². The van der Waals surface area contributed by atoms with Crippen molar-refractivity contribution in [2.45, 2.75) is 39.7 Å². The summed E-state index contributed by atoms with van der Waals surface area (Å²) in [4.78, 5) is 11.5. The highest BCUT2D eigenvalue weighted by molar-refractivity contribution is 5.77. The zero-order valence-corrected chi connectivity index (χ0v) is 14.6. The normalized spacial score (nSPS) is 9.87. The van der Waals surface area contributed by atoms with Crippen LogP contribution in [-0.4, -0.2) is 38.8 Å². The van der Waals surface area contributed by atoms with Crippen molar-refractivity contribution in [1.29, 1.82) is 0 Å².